The first-order valence-corrected chi connectivity index (χ1v) is 5.86. The Labute approximate surface area is 116 Å². The zero-order chi connectivity index (χ0) is 15.4. The van der Waals surface area contributed by atoms with E-state index in [0.29, 0.717) is 6.07 Å². The summed E-state index contributed by atoms with van der Waals surface area (Å²) in [5, 5.41) is 10.6. The fourth-order valence-electron chi connectivity index (χ4n) is 1.61. The Morgan fingerprint density at radius 1 is 1.24 bits per heavy atom. The Morgan fingerprint density at radius 3 is 2.71 bits per heavy atom. The zero-order valence-corrected chi connectivity index (χ0v) is 10.6. The number of anilines is 1. The molecule has 2 aromatic rings. The molecule has 1 aromatic carbocycles. The molecule has 2 rings (SSSR count). The van der Waals surface area contributed by atoms with Crippen LogP contribution >= 0.6 is 0 Å². The van der Waals surface area contributed by atoms with E-state index in [-0.39, 0.29) is 30.2 Å². The summed E-state index contributed by atoms with van der Waals surface area (Å²) in [4.78, 5) is 0. The van der Waals surface area contributed by atoms with Crippen LogP contribution in [-0.4, -0.2) is 39.8 Å². The molecule has 1 aromatic heterocycles. The summed E-state index contributed by atoms with van der Waals surface area (Å²) < 4.78 is 56.5. The molecule has 0 spiro atoms. The van der Waals surface area contributed by atoms with Crippen LogP contribution in [-0.2, 0) is 11.3 Å². The van der Waals surface area contributed by atoms with E-state index >= 15 is 0 Å². The van der Waals surface area contributed by atoms with Gasteiger partial charge in [0.1, 0.15) is 18.2 Å². The van der Waals surface area contributed by atoms with Gasteiger partial charge in [-0.05, 0) is 16.5 Å². The zero-order valence-electron chi connectivity index (χ0n) is 10.6. The minimum absolute atomic E-state index is 0.000142. The lowest BCUT2D eigenvalue weighted by Gasteiger charge is -2.07. The number of aromatic nitrogens is 4. The number of nitrogens with zero attached hydrogens (tertiary/aromatic N) is 4. The third kappa shape index (κ3) is 3.66. The number of nitrogens with two attached hydrogens (primary N) is 1. The molecule has 114 valence electrons. The standard InChI is InChI=1S/C11H11F4N5O/c12-7-4-8(13)9(16)3-6(7)11-17-18-19-20(11)1-2-21-5-10(14)15/h3-4,10H,1-2,5,16H2. The lowest BCUT2D eigenvalue weighted by Crippen LogP contribution is -2.13. The molecule has 0 saturated heterocycles. The first-order chi connectivity index (χ1) is 9.99. The number of rotatable bonds is 6. The van der Waals surface area contributed by atoms with Gasteiger partial charge in [-0.2, -0.15) is 0 Å². The second kappa shape index (κ2) is 6.48. The molecule has 0 atom stereocenters. The van der Waals surface area contributed by atoms with E-state index in [1.807, 2.05) is 0 Å². The van der Waals surface area contributed by atoms with Crippen molar-refractivity contribution >= 4 is 5.69 Å². The summed E-state index contributed by atoms with van der Waals surface area (Å²) in [5.41, 5.74) is 5.03. The van der Waals surface area contributed by atoms with Gasteiger partial charge in [-0.3, -0.25) is 0 Å². The van der Waals surface area contributed by atoms with E-state index in [9.17, 15) is 17.6 Å². The van der Waals surface area contributed by atoms with Gasteiger partial charge in [-0.15, -0.1) is 5.10 Å². The van der Waals surface area contributed by atoms with E-state index in [2.05, 4.69) is 20.3 Å². The van der Waals surface area contributed by atoms with Crippen molar-refractivity contribution in [2.75, 3.05) is 18.9 Å². The number of tetrazole rings is 1. The highest BCUT2D eigenvalue weighted by Crippen LogP contribution is 2.24. The molecule has 6 nitrogen and oxygen atoms in total. The molecule has 0 aliphatic heterocycles. The van der Waals surface area contributed by atoms with Crippen molar-refractivity contribution in [1.82, 2.24) is 20.2 Å². The van der Waals surface area contributed by atoms with E-state index in [0.717, 1.165) is 10.7 Å². The van der Waals surface area contributed by atoms with Crippen LogP contribution in [0.25, 0.3) is 11.4 Å². The maximum absolute atomic E-state index is 13.7. The lowest BCUT2D eigenvalue weighted by molar-refractivity contribution is 0.0140. The number of hydrogen-bond donors (Lipinski definition) is 1. The summed E-state index contributed by atoms with van der Waals surface area (Å²) in [6.07, 6.45) is -2.58. The Morgan fingerprint density at radius 2 is 2.00 bits per heavy atom. The van der Waals surface area contributed by atoms with Crippen LogP contribution in [0.15, 0.2) is 12.1 Å². The number of hydrogen-bond acceptors (Lipinski definition) is 5. The molecule has 2 N–H and O–H groups in total. The third-order valence-electron chi connectivity index (χ3n) is 2.55. The Balaban J connectivity index is 2.15. The Kier molecular flexibility index (Phi) is 4.68. The average molecular weight is 305 g/mol. The van der Waals surface area contributed by atoms with Crippen molar-refractivity contribution in [3.05, 3.63) is 23.8 Å². The third-order valence-corrected chi connectivity index (χ3v) is 2.55. The van der Waals surface area contributed by atoms with Gasteiger partial charge in [0, 0.05) is 6.07 Å². The van der Waals surface area contributed by atoms with Crippen molar-refractivity contribution < 1.29 is 22.3 Å². The second-order valence-corrected chi connectivity index (χ2v) is 4.05. The molecule has 0 amide bonds. The lowest BCUT2D eigenvalue weighted by atomic mass is 10.1. The van der Waals surface area contributed by atoms with Crippen molar-refractivity contribution in [2.24, 2.45) is 0 Å². The molecule has 0 unspecified atom stereocenters. The Hall–Kier alpha value is -2.23. The number of ether oxygens (including phenoxy) is 1. The first kappa shape index (κ1) is 15.2. The number of nitrogen functional groups attached to an aromatic ring is 1. The molecule has 0 fully saturated rings. The summed E-state index contributed by atoms with van der Waals surface area (Å²) in [6, 6.07) is 1.68. The second-order valence-electron chi connectivity index (χ2n) is 4.05. The minimum atomic E-state index is -2.58. The normalized spacial score (nSPS) is 11.3. The predicted octanol–water partition coefficient (Wildman–Crippen LogP) is 1.48. The highest BCUT2D eigenvalue weighted by Gasteiger charge is 2.16. The molecule has 0 aliphatic carbocycles. The van der Waals surface area contributed by atoms with E-state index in [1.54, 1.807) is 0 Å². The van der Waals surface area contributed by atoms with Gasteiger partial charge in [0.25, 0.3) is 6.43 Å². The number of halogens is 4. The molecular formula is C11H11F4N5O. The topological polar surface area (TPSA) is 78.9 Å². The largest absolute Gasteiger partial charge is 0.396 e. The van der Waals surface area contributed by atoms with Crippen LogP contribution in [0.2, 0.25) is 0 Å². The van der Waals surface area contributed by atoms with E-state index < -0.39 is 24.7 Å². The van der Waals surface area contributed by atoms with Crippen LogP contribution in [0.4, 0.5) is 23.2 Å². The first-order valence-electron chi connectivity index (χ1n) is 5.86. The van der Waals surface area contributed by atoms with Crippen LogP contribution in [0.5, 0.6) is 0 Å². The van der Waals surface area contributed by atoms with Crippen LogP contribution in [0, 0.1) is 11.6 Å². The highest BCUT2D eigenvalue weighted by molar-refractivity contribution is 5.62. The molecule has 0 saturated carbocycles. The number of benzene rings is 1. The summed E-state index contributed by atoms with van der Waals surface area (Å²) in [5.74, 6) is -1.78. The molecule has 1 heterocycles. The fraction of sp³-hybridized carbons (Fsp3) is 0.364. The average Bonchev–Trinajstić information content (AvgIpc) is 2.87. The van der Waals surface area contributed by atoms with Crippen LogP contribution in [0.3, 0.4) is 0 Å². The fourth-order valence-corrected chi connectivity index (χ4v) is 1.61. The van der Waals surface area contributed by atoms with Crippen molar-refractivity contribution in [1.29, 1.82) is 0 Å². The van der Waals surface area contributed by atoms with Crippen molar-refractivity contribution in [3.63, 3.8) is 0 Å². The number of alkyl halides is 2. The quantitative estimate of drug-likeness (QED) is 0.497. The highest BCUT2D eigenvalue weighted by atomic mass is 19.3. The molecule has 10 heteroatoms. The van der Waals surface area contributed by atoms with E-state index in [1.165, 1.54) is 0 Å². The van der Waals surface area contributed by atoms with Crippen molar-refractivity contribution in [2.45, 2.75) is 13.0 Å². The van der Waals surface area contributed by atoms with Gasteiger partial charge >= 0.3 is 0 Å². The van der Waals surface area contributed by atoms with Gasteiger partial charge in [0.05, 0.1) is 24.4 Å². The van der Waals surface area contributed by atoms with Gasteiger partial charge in [-0.1, -0.05) is 0 Å². The summed E-state index contributed by atoms with van der Waals surface area (Å²) >= 11 is 0. The molecular weight excluding hydrogens is 294 g/mol. The summed E-state index contributed by atoms with van der Waals surface area (Å²) in [7, 11) is 0. The van der Waals surface area contributed by atoms with Gasteiger partial charge in [0.15, 0.2) is 5.82 Å². The maximum atomic E-state index is 13.7. The monoisotopic (exact) mass is 305 g/mol. The SMILES string of the molecule is Nc1cc(-c2nnnn2CCOCC(F)F)c(F)cc1F. The maximum Gasteiger partial charge on any atom is 0.261 e. The molecule has 0 bridgehead atoms. The minimum Gasteiger partial charge on any atom is -0.396 e. The molecule has 0 aliphatic rings. The van der Waals surface area contributed by atoms with Crippen LogP contribution < -0.4 is 5.73 Å². The molecule has 21 heavy (non-hydrogen) atoms. The molecule has 0 radical (unpaired) electrons. The van der Waals surface area contributed by atoms with E-state index in [4.69, 9.17) is 5.73 Å². The summed E-state index contributed by atoms with van der Waals surface area (Å²) in [6.45, 7) is -0.762. The van der Waals surface area contributed by atoms with Crippen molar-refractivity contribution in [3.8, 4) is 11.4 Å². The predicted molar refractivity (Wildman–Crippen MR) is 64.4 cm³/mol. The van der Waals surface area contributed by atoms with Gasteiger partial charge in [0.2, 0.25) is 0 Å². The van der Waals surface area contributed by atoms with Gasteiger partial charge < -0.3 is 10.5 Å². The van der Waals surface area contributed by atoms with Gasteiger partial charge in [-0.25, -0.2) is 22.2 Å². The Bertz CT molecular complexity index is 619. The smallest absolute Gasteiger partial charge is 0.261 e. The van der Waals surface area contributed by atoms with Crippen LogP contribution in [0.1, 0.15) is 0 Å².